The van der Waals surface area contributed by atoms with Crippen LogP contribution in [0.4, 0.5) is 8.78 Å². The van der Waals surface area contributed by atoms with Crippen molar-refractivity contribution in [2.45, 2.75) is 25.4 Å². The largest absolute Gasteiger partial charge is 0.347 e. The standard InChI is InChI=1S/C17H18F2N4O2/c18-13-4-1-5-14(19)12(13)10-23-8-2-3-11(9-23)20-17(25)15-6-7-16(24)22-21-15/h1,4-7,11H,2-3,8-10H2,(H,20,25)(H,22,24)/t11-/m0/s1. The Morgan fingerprint density at radius 2 is 2.04 bits per heavy atom. The number of nitrogens with one attached hydrogen (secondary N) is 2. The number of amides is 1. The van der Waals surface area contributed by atoms with Gasteiger partial charge in [0, 0.05) is 30.8 Å². The van der Waals surface area contributed by atoms with Crippen LogP contribution in [0.25, 0.3) is 0 Å². The first-order valence-corrected chi connectivity index (χ1v) is 8.05. The van der Waals surface area contributed by atoms with Gasteiger partial charge in [0.05, 0.1) is 0 Å². The predicted octanol–water partition coefficient (Wildman–Crippen LogP) is 1.44. The zero-order chi connectivity index (χ0) is 17.8. The second-order valence-corrected chi connectivity index (χ2v) is 6.05. The summed E-state index contributed by atoms with van der Waals surface area (Å²) < 4.78 is 27.6. The molecule has 0 aliphatic carbocycles. The molecule has 1 aliphatic heterocycles. The topological polar surface area (TPSA) is 78.1 Å². The Labute approximate surface area is 142 Å². The second-order valence-electron chi connectivity index (χ2n) is 6.05. The fourth-order valence-electron chi connectivity index (χ4n) is 2.95. The molecule has 2 aromatic rings. The molecular weight excluding hydrogens is 330 g/mol. The van der Waals surface area contributed by atoms with E-state index in [-0.39, 0.29) is 35.3 Å². The van der Waals surface area contributed by atoms with Crippen molar-refractivity contribution in [3.63, 3.8) is 0 Å². The molecule has 3 rings (SSSR count). The third kappa shape index (κ3) is 4.27. The van der Waals surface area contributed by atoms with Gasteiger partial charge in [-0.3, -0.25) is 14.5 Å². The van der Waals surface area contributed by atoms with E-state index in [4.69, 9.17) is 0 Å². The van der Waals surface area contributed by atoms with Gasteiger partial charge in [-0.2, -0.15) is 5.10 Å². The number of hydrogen-bond donors (Lipinski definition) is 2. The molecule has 25 heavy (non-hydrogen) atoms. The molecule has 1 aliphatic rings. The highest BCUT2D eigenvalue weighted by Gasteiger charge is 2.24. The molecule has 0 unspecified atom stereocenters. The molecule has 0 radical (unpaired) electrons. The first-order chi connectivity index (χ1) is 12.0. The van der Waals surface area contributed by atoms with Gasteiger partial charge in [-0.1, -0.05) is 6.07 Å². The van der Waals surface area contributed by atoms with Crippen LogP contribution in [0.5, 0.6) is 0 Å². The van der Waals surface area contributed by atoms with Crippen LogP contribution in [0, 0.1) is 11.6 Å². The number of piperidine rings is 1. The Morgan fingerprint density at radius 3 is 2.72 bits per heavy atom. The molecule has 1 aromatic carbocycles. The molecule has 0 bridgehead atoms. The van der Waals surface area contributed by atoms with E-state index < -0.39 is 11.6 Å². The number of nitrogens with zero attached hydrogens (tertiary/aromatic N) is 2. The molecule has 1 atom stereocenters. The first kappa shape index (κ1) is 17.2. The lowest BCUT2D eigenvalue weighted by Crippen LogP contribution is -2.47. The smallest absolute Gasteiger partial charge is 0.271 e. The molecule has 132 valence electrons. The summed E-state index contributed by atoms with van der Waals surface area (Å²) in [5, 5.41) is 8.75. The summed E-state index contributed by atoms with van der Waals surface area (Å²) in [6, 6.07) is 6.25. The second kappa shape index (κ2) is 7.52. The quantitative estimate of drug-likeness (QED) is 0.877. The van der Waals surface area contributed by atoms with Crippen molar-refractivity contribution < 1.29 is 13.6 Å². The Balaban J connectivity index is 1.62. The van der Waals surface area contributed by atoms with E-state index in [1.165, 1.54) is 30.3 Å². The summed E-state index contributed by atoms with van der Waals surface area (Å²) in [5.74, 6) is -1.52. The van der Waals surface area contributed by atoms with E-state index in [2.05, 4.69) is 15.5 Å². The van der Waals surface area contributed by atoms with Gasteiger partial charge >= 0.3 is 0 Å². The lowest BCUT2D eigenvalue weighted by atomic mass is 10.0. The van der Waals surface area contributed by atoms with Crippen molar-refractivity contribution >= 4 is 5.91 Å². The molecule has 0 spiro atoms. The average molecular weight is 348 g/mol. The maximum Gasteiger partial charge on any atom is 0.271 e. The molecule has 0 saturated carbocycles. The Morgan fingerprint density at radius 1 is 1.28 bits per heavy atom. The van der Waals surface area contributed by atoms with Crippen molar-refractivity contribution in [3.05, 3.63) is 63.6 Å². The molecule has 1 saturated heterocycles. The van der Waals surface area contributed by atoms with E-state index >= 15 is 0 Å². The van der Waals surface area contributed by atoms with Crippen LogP contribution in [0.1, 0.15) is 28.9 Å². The number of likely N-dealkylation sites (tertiary alicyclic amines) is 1. The van der Waals surface area contributed by atoms with Gasteiger partial charge in [-0.15, -0.1) is 0 Å². The van der Waals surface area contributed by atoms with Gasteiger partial charge in [0.1, 0.15) is 17.3 Å². The Bertz CT molecular complexity index is 784. The van der Waals surface area contributed by atoms with Crippen LogP contribution in [0.15, 0.2) is 35.1 Å². The minimum atomic E-state index is -0.566. The summed E-state index contributed by atoms with van der Waals surface area (Å²) in [5.41, 5.74) is -0.221. The normalized spacial score (nSPS) is 18.1. The molecular formula is C17H18F2N4O2. The van der Waals surface area contributed by atoms with Crippen molar-refractivity contribution in [2.24, 2.45) is 0 Å². The van der Waals surface area contributed by atoms with E-state index in [9.17, 15) is 18.4 Å². The first-order valence-electron chi connectivity index (χ1n) is 8.05. The third-order valence-electron chi connectivity index (χ3n) is 4.20. The van der Waals surface area contributed by atoms with E-state index in [1.54, 1.807) is 0 Å². The van der Waals surface area contributed by atoms with Gasteiger partial charge in [-0.05, 0) is 37.6 Å². The van der Waals surface area contributed by atoms with E-state index in [0.717, 1.165) is 12.8 Å². The fourth-order valence-corrected chi connectivity index (χ4v) is 2.95. The van der Waals surface area contributed by atoms with Crippen molar-refractivity contribution in [3.8, 4) is 0 Å². The molecule has 1 amide bonds. The van der Waals surface area contributed by atoms with Gasteiger partial charge in [0.2, 0.25) is 0 Å². The minimum Gasteiger partial charge on any atom is -0.347 e. The number of aromatic amines is 1. The van der Waals surface area contributed by atoms with Gasteiger partial charge in [-0.25, -0.2) is 13.9 Å². The molecule has 2 N–H and O–H groups in total. The predicted molar refractivity (Wildman–Crippen MR) is 87.0 cm³/mol. The lowest BCUT2D eigenvalue weighted by Gasteiger charge is -2.33. The van der Waals surface area contributed by atoms with Gasteiger partial charge in [0.25, 0.3) is 11.5 Å². The summed E-state index contributed by atoms with van der Waals surface area (Å²) in [6.45, 7) is 1.35. The maximum absolute atomic E-state index is 13.8. The molecule has 2 heterocycles. The molecule has 1 aromatic heterocycles. The van der Waals surface area contributed by atoms with Crippen LogP contribution < -0.4 is 10.9 Å². The Kier molecular flexibility index (Phi) is 5.18. The number of H-pyrrole nitrogens is 1. The number of carbonyl (C=O) groups is 1. The van der Waals surface area contributed by atoms with E-state index in [1.807, 2.05) is 4.90 Å². The number of hydrogen-bond acceptors (Lipinski definition) is 4. The molecule has 6 nitrogen and oxygen atoms in total. The molecule has 1 fully saturated rings. The summed E-state index contributed by atoms with van der Waals surface area (Å²) in [6.07, 6.45) is 1.57. The number of halogens is 2. The highest BCUT2D eigenvalue weighted by molar-refractivity contribution is 5.92. The highest BCUT2D eigenvalue weighted by atomic mass is 19.1. The number of benzene rings is 1. The number of carbonyl (C=O) groups excluding carboxylic acids is 1. The monoisotopic (exact) mass is 348 g/mol. The van der Waals surface area contributed by atoms with Crippen LogP contribution in [0.2, 0.25) is 0 Å². The third-order valence-corrected chi connectivity index (χ3v) is 4.20. The zero-order valence-electron chi connectivity index (χ0n) is 13.5. The summed E-state index contributed by atoms with van der Waals surface area (Å²) >= 11 is 0. The maximum atomic E-state index is 13.8. The Hall–Kier alpha value is -2.61. The molecule has 8 heteroatoms. The van der Waals surface area contributed by atoms with Crippen molar-refractivity contribution in [1.29, 1.82) is 0 Å². The summed E-state index contributed by atoms with van der Waals surface area (Å²) in [4.78, 5) is 25.1. The van der Waals surface area contributed by atoms with Crippen LogP contribution in [-0.4, -0.2) is 40.1 Å². The zero-order valence-corrected chi connectivity index (χ0v) is 13.5. The number of rotatable bonds is 4. The lowest BCUT2D eigenvalue weighted by molar-refractivity contribution is 0.0893. The van der Waals surface area contributed by atoms with Crippen molar-refractivity contribution in [1.82, 2.24) is 20.4 Å². The van der Waals surface area contributed by atoms with Gasteiger partial charge < -0.3 is 5.32 Å². The SMILES string of the molecule is O=C(N[C@H]1CCCN(Cc2c(F)cccc2F)C1)c1ccc(=O)[nH]n1. The van der Waals surface area contributed by atoms with Crippen LogP contribution >= 0.6 is 0 Å². The minimum absolute atomic E-state index is 0.0387. The number of aromatic nitrogens is 2. The average Bonchev–Trinajstić information content (AvgIpc) is 2.59. The highest BCUT2D eigenvalue weighted by Crippen LogP contribution is 2.18. The van der Waals surface area contributed by atoms with E-state index in [0.29, 0.717) is 13.1 Å². The van der Waals surface area contributed by atoms with Crippen LogP contribution in [0.3, 0.4) is 0 Å². The van der Waals surface area contributed by atoms with Crippen molar-refractivity contribution in [2.75, 3.05) is 13.1 Å². The van der Waals surface area contributed by atoms with Crippen LogP contribution in [-0.2, 0) is 6.54 Å². The fraction of sp³-hybridized carbons (Fsp3) is 0.353. The summed E-state index contributed by atoms with van der Waals surface area (Å²) in [7, 11) is 0. The van der Waals surface area contributed by atoms with Gasteiger partial charge in [0.15, 0.2) is 0 Å².